The van der Waals surface area contributed by atoms with Crippen molar-refractivity contribution in [3.05, 3.63) is 60.2 Å². The van der Waals surface area contributed by atoms with Crippen molar-refractivity contribution in [2.45, 2.75) is 19.9 Å². The lowest BCUT2D eigenvalue weighted by Gasteiger charge is -2.10. The number of anilines is 1. The highest BCUT2D eigenvalue weighted by Gasteiger charge is 2.16. The Bertz CT molecular complexity index is 836. The van der Waals surface area contributed by atoms with E-state index in [1.54, 1.807) is 41.2 Å². The first-order chi connectivity index (χ1) is 11.1. The number of carbonyl (C=O) groups is 1. The third-order valence-corrected chi connectivity index (χ3v) is 3.37. The largest absolute Gasteiger partial charge is 0.451 e. The Hall–Kier alpha value is -2.89. The Morgan fingerprint density at radius 1 is 1.22 bits per heavy atom. The van der Waals surface area contributed by atoms with Gasteiger partial charge in [0.1, 0.15) is 17.4 Å². The van der Waals surface area contributed by atoms with E-state index in [1.165, 1.54) is 12.1 Å². The van der Waals surface area contributed by atoms with Gasteiger partial charge in [-0.2, -0.15) is 5.10 Å². The van der Waals surface area contributed by atoms with Crippen LogP contribution in [0.2, 0.25) is 0 Å². The standard InChI is InChI=1S/C17H16FN3O2/c1-11(2)21-16(9-10-19-21)20-17(22)15-8-7-14(23-15)12-5-3-4-6-13(12)18/h3-11H,1-2H3,(H,20,22). The first-order valence-corrected chi connectivity index (χ1v) is 7.26. The highest BCUT2D eigenvalue weighted by molar-refractivity contribution is 6.02. The first-order valence-electron chi connectivity index (χ1n) is 7.26. The molecule has 118 valence electrons. The van der Waals surface area contributed by atoms with E-state index in [0.29, 0.717) is 17.1 Å². The zero-order valence-corrected chi connectivity index (χ0v) is 12.8. The minimum absolute atomic E-state index is 0.111. The SMILES string of the molecule is CC(C)n1nccc1NC(=O)c1ccc(-c2ccccc2F)o1. The molecule has 1 amide bonds. The number of benzene rings is 1. The maximum atomic E-state index is 13.8. The maximum Gasteiger partial charge on any atom is 0.292 e. The molecule has 6 heteroatoms. The number of nitrogens with zero attached hydrogens (tertiary/aromatic N) is 2. The molecule has 3 aromatic rings. The van der Waals surface area contributed by atoms with Crippen LogP contribution >= 0.6 is 0 Å². The monoisotopic (exact) mass is 313 g/mol. The number of hydrogen-bond donors (Lipinski definition) is 1. The number of halogens is 1. The average molecular weight is 313 g/mol. The minimum Gasteiger partial charge on any atom is -0.451 e. The van der Waals surface area contributed by atoms with Crippen LogP contribution in [0.5, 0.6) is 0 Å². The Labute approximate surface area is 132 Å². The fourth-order valence-corrected chi connectivity index (χ4v) is 2.27. The van der Waals surface area contributed by atoms with Crippen LogP contribution < -0.4 is 5.32 Å². The average Bonchev–Trinajstić information content (AvgIpc) is 3.16. The van der Waals surface area contributed by atoms with E-state index in [2.05, 4.69) is 10.4 Å². The Morgan fingerprint density at radius 2 is 2.00 bits per heavy atom. The molecule has 1 N–H and O–H groups in total. The molecule has 0 aliphatic rings. The topological polar surface area (TPSA) is 60.1 Å². The van der Waals surface area contributed by atoms with Gasteiger partial charge in [0.25, 0.3) is 5.91 Å². The van der Waals surface area contributed by atoms with Crippen molar-refractivity contribution in [1.29, 1.82) is 0 Å². The van der Waals surface area contributed by atoms with Gasteiger partial charge in [0.15, 0.2) is 5.76 Å². The van der Waals surface area contributed by atoms with Crippen molar-refractivity contribution < 1.29 is 13.6 Å². The number of carbonyl (C=O) groups excluding carboxylic acids is 1. The van der Waals surface area contributed by atoms with Crippen molar-refractivity contribution >= 4 is 11.7 Å². The number of furan rings is 1. The van der Waals surface area contributed by atoms with Crippen molar-refractivity contribution in [1.82, 2.24) is 9.78 Å². The summed E-state index contributed by atoms with van der Waals surface area (Å²) < 4.78 is 20.9. The molecule has 2 aromatic heterocycles. The number of rotatable bonds is 4. The van der Waals surface area contributed by atoms with Crippen LogP contribution in [0.25, 0.3) is 11.3 Å². The van der Waals surface area contributed by atoms with E-state index in [4.69, 9.17) is 4.42 Å². The van der Waals surface area contributed by atoms with Gasteiger partial charge in [0.2, 0.25) is 0 Å². The van der Waals surface area contributed by atoms with Gasteiger partial charge in [-0.15, -0.1) is 0 Å². The fourth-order valence-electron chi connectivity index (χ4n) is 2.27. The number of nitrogens with one attached hydrogen (secondary N) is 1. The van der Waals surface area contributed by atoms with Crippen LogP contribution in [-0.2, 0) is 0 Å². The quantitative estimate of drug-likeness (QED) is 0.788. The predicted octanol–water partition coefficient (Wildman–Crippen LogP) is 4.12. The highest BCUT2D eigenvalue weighted by atomic mass is 19.1. The zero-order valence-electron chi connectivity index (χ0n) is 12.8. The second-order valence-electron chi connectivity index (χ2n) is 5.35. The summed E-state index contributed by atoms with van der Waals surface area (Å²) in [6, 6.07) is 11.2. The van der Waals surface area contributed by atoms with Crippen LogP contribution in [0.15, 0.2) is 53.1 Å². The third-order valence-electron chi connectivity index (χ3n) is 3.37. The number of hydrogen-bond acceptors (Lipinski definition) is 3. The van der Waals surface area contributed by atoms with E-state index in [-0.39, 0.29) is 11.8 Å². The smallest absolute Gasteiger partial charge is 0.292 e. The lowest BCUT2D eigenvalue weighted by Crippen LogP contribution is -2.16. The summed E-state index contributed by atoms with van der Waals surface area (Å²) in [6.07, 6.45) is 1.61. The second kappa shape index (κ2) is 6.08. The lowest BCUT2D eigenvalue weighted by atomic mass is 10.1. The summed E-state index contributed by atoms with van der Waals surface area (Å²) in [4.78, 5) is 12.3. The minimum atomic E-state index is -0.407. The number of aromatic nitrogens is 2. The normalized spacial score (nSPS) is 11.0. The van der Waals surface area contributed by atoms with Gasteiger partial charge in [-0.05, 0) is 38.1 Å². The van der Waals surface area contributed by atoms with E-state index in [1.807, 2.05) is 13.8 Å². The molecular weight excluding hydrogens is 297 g/mol. The second-order valence-corrected chi connectivity index (χ2v) is 5.35. The summed E-state index contributed by atoms with van der Waals surface area (Å²) >= 11 is 0. The molecule has 5 nitrogen and oxygen atoms in total. The summed E-state index contributed by atoms with van der Waals surface area (Å²) in [5, 5.41) is 6.89. The van der Waals surface area contributed by atoms with Crippen molar-refractivity contribution in [2.24, 2.45) is 0 Å². The van der Waals surface area contributed by atoms with E-state index in [9.17, 15) is 9.18 Å². The zero-order chi connectivity index (χ0) is 16.4. The van der Waals surface area contributed by atoms with Gasteiger partial charge >= 0.3 is 0 Å². The molecule has 0 aliphatic heterocycles. The van der Waals surface area contributed by atoms with Gasteiger partial charge in [-0.1, -0.05) is 12.1 Å². The maximum absolute atomic E-state index is 13.8. The molecule has 0 unspecified atom stereocenters. The molecule has 0 aliphatic carbocycles. The van der Waals surface area contributed by atoms with Gasteiger partial charge in [0.05, 0.1) is 11.8 Å². The van der Waals surface area contributed by atoms with E-state index < -0.39 is 11.7 Å². The third kappa shape index (κ3) is 3.01. The van der Waals surface area contributed by atoms with Gasteiger partial charge < -0.3 is 9.73 Å². The lowest BCUT2D eigenvalue weighted by molar-refractivity contribution is 0.0996. The number of amides is 1. The molecule has 3 rings (SSSR count). The van der Waals surface area contributed by atoms with Crippen LogP contribution in [0, 0.1) is 5.82 Å². The van der Waals surface area contributed by atoms with Gasteiger partial charge in [-0.3, -0.25) is 4.79 Å². The van der Waals surface area contributed by atoms with Crippen molar-refractivity contribution in [3.63, 3.8) is 0 Å². The fraction of sp³-hybridized carbons (Fsp3) is 0.176. The summed E-state index contributed by atoms with van der Waals surface area (Å²) in [6.45, 7) is 3.93. The molecule has 23 heavy (non-hydrogen) atoms. The summed E-state index contributed by atoms with van der Waals surface area (Å²) in [7, 11) is 0. The molecule has 0 atom stereocenters. The molecular formula is C17H16FN3O2. The molecule has 0 saturated carbocycles. The van der Waals surface area contributed by atoms with E-state index in [0.717, 1.165) is 0 Å². The van der Waals surface area contributed by atoms with Crippen molar-refractivity contribution in [2.75, 3.05) is 5.32 Å². The van der Waals surface area contributed by atoms with Crippen LogP contribution in [0.4, 0.5) is 10.2 Å². The predicted molar refractivity (Wildman–Crippen MR) is 84.7 cm³/mol. The van der Waals surface area contributed by atoms with Crippen LogP contribution in [0.1, 0.15) is 30.4 Å². The molecule has 0 saturated heterocycles. The highest BCUT2D eigenvalue weighted by Crippen LogP contribution is 2.25. The first kappa shape index (κ1) is 15.0. The summed E-state index contributed by atoms with van der Waals surface area (Å²) in [5.41, 5.74) is 0.318. The van der Waals surface area contributed by atoms with Crippen LogP contribution in [0.3, 0.4) is 0 Å². The molecule has 2 heterocycles. The van der Waals surface area contributed by atoms with Gasteiger partial charge in [-0.25, -0.2) is 9.07 Å². The molecule has 0 spiro atoms. The molecule has 0 bridgehead atoms. The van der Waals surface area contributed by atoms with Crippen LogP contribution in [-0.4, -0.2) is 15.7 Å². The molecule has 0 radical (unpaired) electrons. The summed E-state index contributed by atoms with van der Waals surface area (Å²) in [5.74, 6) is 0.195. The Kier molecular flexibility index (Phi) is 3.97. The Morgan fingerprint density at radius 3 is 2.74 bits per heavy atom. The van der Waals surface area contributed by atoms with Crippen molar-refractivity contribution in [3.8, 4) is 11.3 Å². The van der Waals surface area contributed by atoms with Gasteiger partial charge in [0, 0.05) is 12.1 Å². The molecule has 0 fully saturated rings. The molecule has 1 aromatic carbocycles. The Balaban J connectivity index is 1.82. The van der Waals surface area contributed by atoms with E-state index >= 15 is 0 Å².